The lowest BCUT2D eigenvalue weighted by atomic mass is 10.1. The fourth-order valence-electron chi connectivity index (χ4n) is 1.36. The minimum absolute atomic E-state index is 0.0334. The number of anilines is 1. The first-order valence-electron chi connectivity index (χ1n) is 5.00. The van der Waals surface area contributed by atoms with Crippen molar-refractivity contribution in [3.8, 4) is 0 Å². The summed E-state index contributed by atoms with van der Waals surface area (Å²) in [5.41, 5.74) is 0.346. The van der Waals surface area contributed by atoms with Gasteiger partial charge in [0, 0.05) is 18.2 Å². The van der Waals surface area contributed by atoms with Crippen molar-refractivity contribution in [1.29, 1.82) is 0 Å². The molecule has 4 N–H and O–H groups in total. The van der Waals surface area contributed by atoms with Crippen LogP contribution in [0, 0.1) is 10.1 Å². The van der Waals surface area contributed by atoms with Crippen molar-refractivity contribution < 1.29 is 20.2 Å². The van der Waals surface area contributed by atoms with Gasteiger partial charge in [0.15, 0.2) is 0 Å². The quantitative estimate of drug-likeness (QED) is 0.407. The molecule has 1 rings (SSSR count). The molecule has 94 valence electrons. The van der Waals surface area contributed by atoms with Gasteiger partial charge in [-0.3, -0.25) is 10.1 Å². The maximum Gasteiger partial charge on any atom is 0.292 e. The lowest BCUT2D eigenvalue weighted by Gasteiger charge is -2.13. The number of hydrogen-bond donors (Lipinski definition) is 4. The van der Waals surface area contributed by atoms with Crippen LogP contribution in [0.15, 0.2) is 18.2 Å². The Morgan fingerprint density at radius 1 is 1.41 bits per heavy atom. The second-order valence-corrected chi connectivity index (χ2v) is 3.44. The van der Waals surface area contributed by atoms with E-state index in [1.54, 1.807) is 6.07 Å². The molecule has 0 radical (unpaired) electrons. The molecule has 0 fully saturated rings. The molecular formula is C10H14N2O5. The Morgan fingerprint density at radius 2 is 2.12 bits per heavy atom. The zero-order valence-corrected chi connectivity index (χ0v) is 9.04. The highest BCUT2D eigenvalue weighted by Gasteiger charge is 2.17. The van der Waals surface area contributed by atoms with Gasteiger partial charge in [0.25, 0.3) is 5.69 Å². The number of aliphatic hydroxyl groups excluding tert-OH is 3. The summed E-state index contributed by atoms with van der Waals surface area (Å²) >= 11 is 0. The van der Waals surface area contributed by atoms with Gasteiger partial charge in [-0.1, -0.05) is 12.1 Å². The van der Waals surface area contributed by atoms with Crippen molar-refractivity contribution >= 4 is 11.4 Å². The zero-order valence-electron chi connectivity index (χ0n) is 9.04. The molecule has 0 amide bonds. The van der Waals surface area contributed by atoms with Crippen LogP contribution in [-0.4, -0.2) is 39.5 Å². The van der Waals surface area contributed by atoms with E-state index < -0.39 is 17.6 Å². The molecule has 1 aromatic carbocycles. The standard InChI is InChI=1S/C10H14N2O5/c13-5-7-2-1-3-9(12(16)17)10(7)11-4-8(15)6-14/h1-3,8,11,13-15H,4-6H2. The van der Waals surface area contributed by atoms with E-state index in [0.717, 1.165) is 0 Å². The van der Waals surface area contributed by atoms with E-state index in [4.69, 9.17) is 15.3 Å². The SMILES string of the molecule is O=[N+]([O-])c1cccc(CO)c1NCC(O)CO. The summed E-state index contributed by atoms with van der Waals surface area (Å²) in [6.07, 6.45) is -1.01. The maximum absolute atomic E-state index is 10.8. The van der Waals surface area contributed by atoms with E-state index in [-0.39, 0.29) is 24.5 Å². The van der Waals surface area contributed by atoms with Crippen LogP contribution in [0.4, 0.5) is 11.4 Å². The molecule has 0 saturated heterocycles. The molecular weight excluding hydrogens is 228 g/mol. The normalized spacial score (nSPS) is 12.2. The summed E-state index contributed by atoms with van der Waals surface area (Å²) < 4.78 is 0. The molecule has 0 aromatic heterocycles. The molecule has 1 atom stereocenters. The first-order chi connectivity index (χ1) is 8.10. The number of para-hydroxylation sites is 1. The van der Waals surface area contributed by atoms with Crippen LogP contribution in [0.1, 0.15) is 5.56 Å². The summed E-state index contributed by atoms with van der Waals surface area (Å²) in [4.78, 5) is 10.2. The van der Waals surface area contributed by atoms with Gasteiger partial charge in [0.05, 0.1) is 24.2 Å². The van der Waals surface area contributed by atoms with Crippen molar-refractivity contribution in [2.75, 3.05) is 18.5 Å². The molecule has 1 unspecified atom stereocenters. The maximum atomic E-state index is 10.8. The second-order valence-electron chi connectivity index (χ2n) is 3.44. The number of nitrogens with zero attached hydrogens (tertiary/aromatic N) is 1. The third kappa shape index (κ3) is 3.38. The number of hydrogen-bond acceptors (Lipinski definition) is 6. The Labute approximate surface area is 97.5 Å². The Bertz CT molecular complexity index is 396. The van der Waals surface area contributed by atoms with Crippen molar-refractivity contribution in [3.05, 3.63) is 33.9 Å². The van der Waals surface area contributed by atoms with Crippen molar-refractivity contribution in [2.24, 2.45) is 0 Å². The highest BCUT2D eigenvalue weighted by Crippen LogP contribution is 2.28. The highest BCUT2D eigenvalue weighted by atomic mass is 16.6. The smallest absolute Gasteiger partial charge is 0.292 e. The predicted octanol–water partition coefficient (Wildman–Crippen LogP) is -0.148. The third-order valence-electron chi connectivity index (χ3n) is 2.22. The van der Waals surface area contributed by atoms with E-state index in [1.165, 1.54) is 12.1 Å². The van der Waals surface area contributed by atoms with Crippen LogP contribution in [0.25, 0.3) is 0 Å². The number of nitro groups is 1. The van der Waals surface area contributed by atoms with Crippen LogP contribution in [0.3, 0.4) is 0 Å². The molecule has 0 saturated carbocycles. The molecule has 1 aromatic rings. The Hall–Kier alpha value is -1.70. The number of benzene rings is 1. The lowest BCUT2D eigenvalue weighted by Crippen LogP contribution is -2.23. The molecule has 7 heteroatoms. The van der Waals surface area contributed by atoms with E-state index >= 15 is 0 Å². The first-order valence-corrected chi connectivity index (χ1v) is 5.00. The van der Waals surface area contributed by atoms with Crippen molar-refractivity contribution in [3.63, 3.8) is 0 Å². The third-order valence-corrected chi connectivity index (χ3v) is 2.22. The average Bonchev–Trinajstić information content (AvgIpc) is 2.35. The van der Waals surface area contributed by atoms with Crippen LogP contribution in [0.5, 0.6) is 0 Å². The van der Waals surface area contributed by atoms with Crippen molar-refractivity contribution in [2.45, 2.75) is 12.7 Å². The number of rotatable bonds is 6. The Kier molecular flexibility index (Phi) is 4.83. The number of aliphatic hydroxyl groups is 3. The van der Waals surface area contributed by atoms with Gasteiger partial charge in [-0.2, -0.15) is 0 Å². The van der Waals surface area contributed by atoms with Gasteiger partial charge < -0.3 is 20.6 Å². The van der Waals surface area contributed by atoms with Gasteiger partial charge in [0.1, 0.15) is 5.69 Å². The summed E-state index contributed by atoms with van der Waals surface area (Å²) in [5.74, 6) is 0. The minimum atomic E-state index is -1.01. The van der Waals surface area contributed by atoms with E-state index in [9.17, 15) is 10.1 Å². The lowest BCUT2D eigenvalue weighted by molar-refractivity contribution is -0.384. The molecule has 0 aliphatic carbocycles. The Morgan fingerprint density at radius 3 is 2.65 bits per heavy atom. The van der Waals surface area contributed by atoms with Gasteiger partial charge in [-0.05, 0) is 0 Å². The minimum Gasteiger partial charge on any atom is -0.394 e. The van der Waals surface area contributed by atoms with Crippen LogP contribution >= 0.6 is 0 Å². The van der Waals surface area contributed by atoms with E-state index in [0.29, 0.717) is 5.56 Å². The average molecular weight is 242 g/mol. The second kappa shape index (κ2) is 6.14. The predicted molar refractivity (Wildman–Crippen MR) is 60.6 cm³/mol. The number of nitrogens with one attached hydrogen (secondary N) is 1. The van der Waals surface area contributed by atoms with Crippen LogP contribution in [0.2, 0.25) is 0 Å². The topological polar surface area (TPSA) is 116 Å². The molecule has 0 heterocycles. The molecule has 7 nitrogen and oxygen atoms in total. The van der Waals surface area contributed by atoms with Gasteiger partial charge in [-0.25, -0.2) is 0 Å². The monoisotopic (exact) mass is 242 g/mol. The van der Waals surface area contributed by atoms with Crippen LogP contribution < -0.4 is 5.32 Å². The zero-order chi connectivity index (χ0) is 12.8. The fraction of sp³-hybridized carbons (Fsp3) is 0.400. The summed E-state index contributed by atoms with van der Waals surface area (Å²) in [7, 11) is 0. The van der Waals surface area contributed by atoms with Gasteiger partial charge in [0.2, 0.25) is 0 Å². The van der Waals surface area contributed by atoms with Crippen molar-refractivity contribution in [1.82, 2.24) is 0 Å². The van der Waals surface area contributed by atoms with Crippen LogP contribution in [-0.2, 0) is 6.61 Å². The molecule has 17 heavy (non-hydrogen) atoms. The van der Waals surface area contributed by atoms with E-state index in [2.05, 4.69) is 5.32 Å². The van der Waals surface area contributed by atoms with E-state index in [1.807, 2.05) is 0 Å². The van der Waals surface area contributed by atoms with Gasteiger partial charge >= 0.3 is 0 Å². The first kappa shape index (κ1) is 13.4. The Balaban J connectivity index is 2.97. The summed E-state index contributed by atoms with van der Waals surface area (Å²) in [5, 5.41) is 40.3. The molecule has 0 aliphatic rings. The number of nitro benzene ring substituents is 1. The summed E-state index contributed by atoms with van der Waals surface area (Å²) in [6, 6.07) is 4.31. The largest absolute Gasteiger partial charge is 0.394 e. The van der Waals surface area contributed by atoms with Gasteiger partial charge in [-0.15, -0.1) is 0 Å². The molecule has 0 bridgehead atoms. The molecule has 0 aliphatic heterocycles. The highest BCUT2D eigenvalue weighted by molar-refractivity contribution is 5.66. The molecule has 0 spiro atoms. The fourth-order valence-corrected chi connectivity index (χ4v) is 1.36. The summed E-state index contributed by atoms with van der Waals surface area (Å²) in [6.45, 7) is -0.824.